The number of fused-ring (bicyclic) bond motifs is 1. The summed E-state index contributed by atoms with van der Waals surface area (Å²) in [5, 5.41) is 3.36. The fourth-order valence-corrected chi connectivity index (χ4v) is 2.85. The Labute approximate surface area is 96.3 Å². The second-order valence-corrected chi connectivity index (χ2v) is 5.82. The van der Waals surface area contributed by atoms with Gasteiger partial charge in [-0.15, -0.1) is 0 Å². The molecule has 0 saturated heterocycles. The van der Waals surface area contributed by atoms with Crippen LogP contribution in [-0.2, 0) is 0 Å². The number of alkyl halides is 2. The number of hydrogen-bond acceptors (Lipinski definition) is 1. The average Bonchev–Trinajstić information content (AvgIpc) is 2.65. The first-order valence-electron chi connectivity index (χ1n) is 6.15. The monoisotopic (exact) mass is 229 g/mol. The normalized spacial score (nSPS) is 37.0. The summed E-state index contributed by atoms with van der Waals surface area (Å²) < 4.78 is 26.0. The van der Waals surface area contributed by atoms with Crippen molar-refractivity contribution in [3.63, 3.8) is 0 Å². The molecule has 0 heterocycles. The fourth-order valence-electron chi connectivity index (χ4n) is 2.85. The maximum Gasteiger partial charge on any atom is 0.248 e. The summed E-state index contributed by atoms with van der Waals surface area (Å²) in [5.41, 5.74) is 0.978. The Hall–Kier alpha value is -0.600. The predicted octanol–water partition coefficient (Wildman–Crippen LogP) is 3.43. The molecule has 0 aliphatic heterocycles. The summed E-state index contributed by atoms with van der Waals surface area (Å²) in [7, 11) is 0. The van der Waals surface area contributed by atoms with E-state index in [0.717, 1.165) is 5.70 Å². The van der Waals surface area contributed by atoms with Gasteiger partial charge in [-0.05, 0) is 24.7 Å². The summed E-state index contributed by atoms with van der Waals surface area (Å²) in [6.07, 6.45) is 0.137. The molecular weight excluding hydrogens is 208 g/mol. The van der Waals surface area contributed by atoms with Crippen molar-refractivity contribution in [2.24, 2.45) is 23.7 Å². The van der Waals surface area contributed by atoms with Crippen LogP contribution in [0.5, 0.6) is 0 Å². The molecule has 2 aliphatic rings. The minimum Gasteiger partial charge on any atom is -0.386 e. The molecular formula is C13H21F2N. The van der Waals surface area contributed by atoms with E-state index >= 15 is 0 Å². The number of allylic oxidation sites excluding steroid dienone is 1. The summed E-state index contributed by atoms with van der Waals surface area (Å²) in [4.78, 5) is 0. The molecule has 0 bridgehead atoms. The molecule has 2 saturated carbocycles. The first-order valence-corrected chi connectivity index (χ1v) is 6.15. The van der Waals surface area contributed by atoms with E-state index in [4.69, 9.17) is 0 Å². The first kappa shape index (κ1) is 11.9. The molecule has 2 aliphatic carbocycles. The third-order valence-corrected chi connectivity index (χ3v) is 4.22. The highest BCUT2D eigenvalue weighted by atomic mass is 19.3. The van der Waals surface area contributed by atoms with Crippen molar-refractivity contribution in [2.75, 3.05) is 0 Å². The van der Waals surface area contributed by atoms with Crippen molar-refractivity contribution in [1.29, 1.82) is 0 Å². The van der Waals surface area contributed by atoms with Gasteiger partial charge in [0.05, 0.1) is 0 Å². The fraction of sp³-hybridized carbons (Fsp3) is 0.846. The van der Waals surface area contributed by atoms with Gasteiger partial charge in [0.2, 0.25) is 5.92 Å². The minimum absolute atomic E-state index is 0.0685. The molecule has 1 N–H and O–H groups in total. The molecule has 92 valence electrons. The third kappa shape index (κ3) is 2.09. The van der Waals surface area contributed by atoms with E-state index in [-0.39, 0.29) is 24.7 Å². The number of hydrogen-bond donors (Lipinski definition) is 1. The van der Waals surface area contributed by atoms with Crippen LogP contribution in [0.25, 0.3) is 0 Å². The van der Waals surface area contributed by atoms with E-state index in [1.165, 1.54) is 0 Å². The Bertz CT molecular complexity index is 284. The highest BCUT2D eigenvalue weighted by Gasteiger charge is 2.63. The molecule has 0 radical (unpaired) electrons. The van der Waals surface area contributed by atoms with Crippen LogP contribution in [0.1, 0.15) is 33.6 Å². The maximum absolute atomic E-state index is 13.0. The van der Waals surface area contributed by atoms with Crippen molar-refractivity contribution in [3.8, 4) is 0 Å². The van der Waals surface area contributed by atoms with Gasteiger partial charge in [-0.2, -0.15) is 0 Å². The van der Waals surface area contributed by atoms with Crippen LogP contribution in [0.3, 0.4) is 0 Å². The van der Waals surface area contributed by atoms with E-state index in [0.29, 0.717) is 17.9 Å². The standard InChI is InChI=1S/C13H21F2N/c1-7(2)8(3)16-9(4)12-10-5-13(14,15)6-11(10)12/h7-8,10-12,16H,4-6H2,1-3H3/t8-,10-,11+,12?/m1/s1. The Morgan fingerprint density at radius 3 is 2.19 bits per heavy atom. The van der Waals surface area contributed by atoms with Gasteiger partial charge in [0, 0.05) is 30.5 Å². The Kier molecular flexibility index (Phi) is 2.75. The lowest BCUT2D eigenvalue weighted by atomic mass is 10.0. The molecule has 16 heavy (non-hydrogen) atoms. The highest BCUT2D eigenvalue weighted by molar-refractivity contribution is 5.20. The van der Waals surface area contributed by atoms with E-state index in [2.05, 4.69) is 32.7 Å². The second-order valence-electron chi connectivity index (χ2n) is 5.82. The van der Waals surface area contributed by atoms with Crippen molar-refractivity contribution in [3.05, 3.63) is 12.3 Å². The lowest BCUT2D eigenvalue weighted by Crippen LogP contribution is -2.31. The molecule has 1 unspecified atom stereocenters. The lowest BCUT2D eigenvalue weighted by molar-refractivity contribution is -0.00706. The van der Waals surface area contributed by atoms with Gasteiger partial charge in [0.1, 0.15) is 0 Å². The summed E-state index contributed by atoms with van der Waals surface area (Å²) in [5.74, 6) is -1.18. The van der Waals surface area contributed by atoms with Crippen molar-refractivity contribution >= 4 is 0 Å². The molecule has 0 aromatic carbocycles. The highest BCUT2D eigenvalue weighted by Crippen LogP contribution is 2.64. The number of halogens is 2. The summed E-state index contributed by atoms with van der Waals surface area (Å²) in [6.45, 7) is 10.4. The molecule has 0 aromatic heterocycles. The van der Waals surface area contributed by atoms with E-state index < -0.39 is 5.92 Å². The quantitative estimate of drug-likeness (QED) is 0.778. The van der Waals surface area contributed by atoms with Crippen LogP contribution in [0.4, 0.5) is 8.78 Å². The molecule has 2 rings (SSSR count). The maximum atomic E-state index is 13.0. The smallest absolute Gasteiger partial charge is 0.248 e. The van der Waals surface area contributed by atoms with Crippen LogP contribution in [0, 0.1) is 23.7 Å². The van der Waals surface area contributed by atoms with Gasteiger partial charge in [-0.1, -0.05) is 20.4 Å². The van der Waals surface area contributed by atoms with E-state index in [1.807, 2.05) is 0 Å². The Balaban J connectivity index is 1.83. The third-order valence-electron chi connectivity index (χ3n) is 4.22. The van der Waals surface area contributed by atoms with Gasteiger partial charge >= 0.3 is 0 Å². The van der Waals surface area contributed by atoms with Gasteiger partial charge in [0.25, 0.3) is 0 Å². The van der Waals surface area contributed by atoms with Crippen LogP contribution in [-0.4, -0.2) is 12.0 Å². The zero-order chi connectivity index (χ0) is 12.1. The molecule has 0 aromatic rings. The minimum atomic E-state index is -2.41. The topological polar surface area (TPSA) is 12.0 Å². The van der Waals surface area contributed by atoms with Gasteiger partial charge in [-0.3, -0.25) is 0 Å². The second kappa shape index (κ2) is 3.71. The number of nitrogens with one attached hydrogen (secondary N) is 1. The Morgan fingerprint density at radius 2 is 1.75 bits per heavy atom. The zero-order valence-electron chi connectivity index (χ0n) is 10.3. The molecule has 0 amide bonds. The summed E-state index contributed by atoms with van der Waals surface area (Å²) >= 11 is 0. The SMILES string of the molecule is C=C(N[C@H](C)C(C)C)C1[C@H]2CC(F)(F)C[C@@H]12. The first-order chi connectivity index (χ1) is 7.32. The zero-order valence-corrected chi connectivity index (χ0v) is 10.3. The Morgan fingerprint density at radius 1 is 1.25 bits per heavy atom. The molecule has 4 atom stereocenters. The van der Waals surface area contributed by atoms with Crippen LogP contribution in [0.2, 0.25) is 0 Å². The number of rotatable bonds is 4. The van der Waals surface area contributed by atoms with Gasteiger partial charge in [-0.25, -0.2) is 8.78 Å². The molecule has 2 fully saturated rings. The van der Waals surface area contributed by atoms with E-state index in [9.17, 15) is 8.78 Å². The predicted molar refractivity (Wildman–Crippen MR) is 61.2 cm³/mol. The molecule has 3 heteroatoms. The van der Waals surface area contributed by atoms with Gasteiger partial charge < -0.3 is 5.32 Å². The molecule has 0 spiro atoms. The van der Waals surface area contributed by atoms with Crippen LogP contribution in [0.15, 0.2) is 12.3 Å². The van der Waals surface area contributed by atoms with E-state index in [1.54, 1.807) is 0 Å². The van der Waals surface area contributed by atoms with Crippen molar-refractivity contribution in [2.45, 2.75) is 45.6 Å². The van der Waals surface area contributed by atoms with Crippen molar-refractivity contribution < 1.29 is 8.78 Å². The van der Waals surface area contributed by atoms with Crippen LogP contribution >= 0.6 is 0 Å². The summed E-state index contributed by atoms with van der Waals surface area (Å²) in [6, 6.07) is 0.370. The lowest BCUT2D eigenvalue weighted by Gasteiger charge is -2.22. The largest absolute Gasteiger partial charge is 0.386 e. The molecule has 1 nitrogen and oxygen atoms in total. The van der Waals surface area contributed by atoms with Crippen molar-refractivity contribution in [1.82, 2.24) is 5.32 Å². The van der Waals surface area contributed by atoms with Gasteiger partial charge in [0.15, 0.2) is 0 Å². The average molecular weight is 229 g/mol. The van der Waals surface area contributed by atoms with Crippen LogP contribution < -0.4 is 5.32 Å².